The van der Waals surface area contributed by atoms with Crippen LogP contribution in [0.2, 0.25) is 10.0 Å². The van der Waals surface area contributed by atoms with E-state index in [1.165, 1.54) is 32.7 Å². The van der Waals surface area contributed by atoms with Gasteiger partial charge >= 0.3 is 0 Å². The number of carbonyl (C=O) groups is 1. The quantitative estimate of drug-likeness (QED) is 0.417. The van der Waals surface area contributed by atoms with Gasteiger partial charge in [0.1, 0.15) is 0 Å². The molecule has 2 heterocycles. The van der Waals surface area contributed by atoms with Gasteiger partial charge in [0.25, 0.3) is 11.9 Å². The maximum Gasteiger partial charge on any atom is 0.258 e. The molecule has 0 aliphatic carbocycles. The zero-order valence-corrected chi connectivity index (χ0v) is 18.9. The normalized spacial score (nSPS) is 10.9. The summed E-state index contributed by atoms with van der Waals surface area (Å²) < 4.78 is 17.5. The lowest BCUT2D eigenvalue weighted by atomic mass is 10.1. The number of nitrogens with one attached hydrogen (secondary N) is 1. The summed E-state index contributed by atoms with van der Waals surface area (Å²) in [5.74, 6) is 0.836. The van der Waals surface area contributed by atoms with Crippen molar-refractivity contribution < 1.29 is 19.0 Å². The summed E-state index contributed by atoms with van der Waals surface area (Å²) in [6.07, 6.45) is 0. The first-order valence-electron chi connectivity index (χ1n) is 8.86. The molecule has 31 heavy (non-hydrogen) atoms. The maximum absolute atomic E-state index is 12.8. The molecular formula is C20H16Cl2N4O4S. The van der Waals surface area contributed by atoms with Crippen LogP contribution in [0.25, 0.3) is 16.2 Å². The number of nitrogens with zero attached hydrogens (tertiary/aromatic N) is 3. The first-order chi connectivity index (χ1) is 14.9. The fraction of sp³-hybridized carbons (Fsp3) is 0.150. The number of hydrogen-bond donors (Lipinski definition) is 1. The smallest absolute Gasteiger partial charge is 0.258 e. The Morgan fingerprint density at radius 1 is 1.06 bits per heavy atom. The van der Waals surface area contributed by atoms with Crippen molar-refractivity contribution in [3.05, 3.63) is 51.3 Å². The van der Waals surface area contributed by atoms with E-state index >= 15 is 0 Å². The van der Waals surface area contributed by atoms with E-state index in [0.29, 0.717) is 49.1 Å². The third kappa shape index (κ3) is 3.99. The van der Waals surface area contributed by atoms with Gasteiger partial charge in [0.15, 0.2) is 11.5 Å². The van der Waals surface area contributed by atoms with Crippen LogP contribution in [0.5, 0.6) is 17.2 Å². The van der Waals surface area contributed by atoms with E-state index in [2.05, 4.69) is 15.4 Å². The van der Waals surface area contributed by atoms with Crippen LogP contribution in [-0.4, -0.2) is 41.8 Å². The molecule has 0 aliphatic heterocycles. The van der Waals surface area contributed by atoms with Gasteiger partial charge in [0.05, 0.1) is 32.0 Å². The third-order valence-electron chi connectivity index (χ3n) is 4.44. The Hall–Kier alpha value is -3.01. The lowest BCUT2D eigenvalue weighted by Gasteiger charge is -2.13. The predicted molar refractivity (Wildman–Crippen MR) is 120 cm³/mol. The number of methoxy groups -OCH3 is 3. The lowest BCUT2D eigenvalue weighted by molar-refractivity contribution is 0.102. The summed E-state index contributed by atoms with van der Waals surface area (Å²) in [5, 5.41) is 10.0. The zero-order valence-electron chi connectivity index (χ0n) is 16.6. The van der Waals surface area contributed by atoms with Crippen LogP contribution in [0.4, 0.5) is 5.95 Å². The Morgan fingerprint density at radius 3 is 2.42 bits per heavy atom. The SMILES string of the molecule is COc1cc(C(=O)Nc2nc3scc(-c4cc(Cl)ccc4Cl)n3n2)cc(OC)c1OC. The van der Waals surface area contributed by atoms with Gasteiger partial charge in [-0.05, 0) is 30.3 Å². The van der Waals surface area contributed by atoms with Crippen LogP contribution >= 0.6 is 34.5 Å². The van der Waals surface area contributed by atoms with Crippen molar-refractivity contribution in [3.8, 4) is 28.5 Å². The van der Waals surface area contributed by atoms with E-state index in [1.807, 2.05) is 5.38 Å². The summed E-state index contributed by atoms with van der Waals surface area (Å²) in [5.41, 5.74) is 1.73. The minimum absolute atomic E-state index is 0.144. The summed E-state index contributed by atoms with van der Waals surface area (Å²) in [6, 6.07) is 8.27. The Morgan fingerprint density at radius 2 is 1.77 bits per heavy atom. The highest BCUT2D eigenvalue weighted by atomic mass is 35.5. The molecule has 0 fully saturated rings. The lowest BCUT2D eigenvalue weighted by Crippen LogP contribution is -2.14. The first kappa shape index (κ1) is 21.2. The van der Waals surface area contributed by atoms with Crippen LogP contribution in [0.15, 0.2) is 35.7 Å². The summed E-state index contributed by atoms with van der Waals surface area (Å²) >= 11 is 13.8. The summed E-state index contributed by atoms with van der Waals surface area (Å²) in [7, 11) is 4.45. The number of benzene rings is 2. The van der Waals surface area contributed by atoms with Gasteiger partial charge in [0.2, 0.25) is 10.7 Å². The number of carbonyl (C=O) groups excluding carboxylic acids is 1. The summed E-state index contributed by atoms with van der Waals surface area (Å²) in [6.45, 7) is 0. The van der Waals surface area contributed by atoms with E-state index in [4.69, 9.17) is 37.4 Å². The Kier molecular flexibility index (Phi) is 5.90. The first-order valence-corrected chi connectivity index (χ1v) is 10.5. The molecular weight excluding hydrogens is 463 g/mol. The fourth-order valence-corrected chi connectivity index (χ4v) is 4.21. The number of thiazole rings is 1. The topological polar surface area (TPSA) is 87.0 Å². The Bertz CT molecular complexity index is 1260. The van der Waals surface area contributed by atoms with Gasteiger partial charge in [-0.3, -0.25) is 10.1 Å². The van der Waals surface area contributed by atoms with Gasteiger partial charge in [-0.25, -0.2) is 4.52 Å². The molecule has 4 rings (SSSR count). The molecule has 11 heteroatoms. The Labute approximate surface area is 191 Å². The highest BCUT2D eigenvalue weighted by molar-refractivity contribution is 7.15. The van der Waals surface area contributed by atoms with Crippen molar-refractivity contribution in [3.63, 3.8) is 0 Å². The molecule has 2 aromatic heterocycles. The number of rotatable bonds is 6. The van der Waals surface area contributed by atoms with Gasteiger partial charge in [-0.15, -0.1) is 16.4 Å². The number of hydrogen-bond acceptors (Lipinski definition) is 7. The van der Waals surface area contributed by atoms with Crippen LogP contribution in [0, 0.1) is 0 Å². The number of anilines is 1. The van der Waals surface area contributed by atoms with Gasteiger partial charge < -0.3 is 14.2 Å². The van der Waals surface area contributed by atoms with Gasteiger partial charge in [-0.2, -0.15) is 4.98 Å². The molecule has 0 atom stereocenters. The second-order valence-corrected chi connectivity index (χ2v) is 7.92. The average molecular weight is 479 g/mol. The van der Waals surface area contributed by atoms with Crippen LogP contribution in [0.1, 0.15) is 10.4 Å². The molecule has 4 aromatic rings. The second kappa shape index (κ2) is 8.62. The molecule has 0 radical (unpaired) electrons. The van der Waals surface area contributed by atoms with Crippen molar-refractivity contribution in [1.82, 2.24) is 14.6 Å². The van der Waals surface area contributed by atoms with Crippen molar-refractivity contribution in [2.45, 2.75) is 0 Å². The molecule has 160 valence electrons. The molecule has 8 nitrogen and oxygen atoms in total. The van der Waals surface area contributed by atoms with Crippen molar-refractivity contribution in [2.24, 2.45) is 0 Å². The monoisotopic (exact) mass is 478 g/mol. The highest BCUT2D eigenvalue weighted by Crippen LogP contribution is 2.38. The van der Waals surface area contributed by atoms with E-state index in [1.54, 1.807) is 34.8 Å². The van der Waals surface area contributed by atoms with Gasteiger partial charge in [0, 0.05) is 21.5 Å². The average Bonchev–Trinajstić information content (AvgIpc) is 3.34. The standard InChI is InChI=1S/C20H16Cl2N4O4S/c1-28-15-6-10(7-16(29-2)17(15)30-3)18(27)23-19-24-20-26(25-19)14(9-31-20)12-8-11(21)4-5-13(12)22/h4-9H,1-3H3,(H,23,25,27). The minimum Gasteiger partial charge on any atom is -0.493 e. The molecule has 1 N–H and O–H groups in total. The minimum atomic E-state index is -0.431. The predicted octanol–water partition coefficient (Wildman–Crippen LogP) is 5.04. The maximum atomic E-state index is 12.8. The third-order valence-corrected chi connectivity index (χ3v) is 5.82. The van der Waals surface area contributed by atoms with E-state index in [9.17, 15) is 4.79 Å². The van der Waals surface area contributed by atoms with Crippen molar-refractivity contribution >= 4 is 51.4 Å². The van der Waals surface area contributed by atoms with E-state index in [0.717, 1.165) is 0 Å². The van der Waals surface area contributed by atoms with Gasteiger partial charge in [-0.1, -0.05) is 23.2 Å². The number of aromatic nitrogens is 3. The van der Waals surface area contributed by atoms with Crippen molar-refractivity contribution in [1.29, 1.82) is 0 Å². The number of halogens is 2. The molecule has 0 aliphatic rings. The molecule has 2 aromatic carbocycles. The summed E-state index contributed by atoms with van der Waals surface area (Å²) in [4.78, 5) is 17.8. The zero-order chi connectivity index (χ0) is 22.1. The number of amides is 1. The molecule has 0 bridgehead atoms. The molecule has 0 unspecified atom stereocenters. The second-order valence-electron chi connectivity index (χ2n) is 6.24. The van der Waals surface area contributed by atoms with Crippen LogP contribution in [-0.2, 0) is 0 Å². The highest BCUT2D eigenvalue weighted by Gasteiger charge is 2.19. The molecule has 0 spiro atoms. The van der Waals surface area contributed by atoms with Crippen LogP contribution in [0.3, 0.4) is 0 Å². The van der Waals surface area contributed by atoms with Crippen LogP contribution < -0.4 is 19.5 Å². The molecule has 0 saturated heterocycles. The number of fused-ring (bicyclic) bond motifs is 1. The molecule has 1 amide bonds. The Balaban J connectivity index is 1.66. The fourth-order valence-electron chi connectivity index (χ4n) is 3.00. The van der Waals surface area contributed by atoms with Crippen molar-refractivity contribution in [2.75, 3.05) is 26.6 Å². The molecule has 0 saturated carbocycles. The van der Waals surface area contributed by atoms with E-state index in [-0.39, 0.29) is 5.95 Å². The van der Waals surface area contributed by atoms with E-state index < -0.39 is 5.91 Å². The number of ether oxygens (including phenoxy) is 3. The largest absolute Gasteiger partial charge is 0.493 e.